The number of nitrogens with one attached hydrogen (secondary N) is 3. The van der Waals surface area contributed by atoms with Gasteiger partial charge in [0.15, 0.2) is 5.82 Å². The smallest absolute Gasteiger partial charge is 0.250 e. The Morgan fingerprint density at radius 1 is 1.53 bits per heavy atom. The number of aromatic amines is 1. The SMILES string of the molecule is Cc1cc(NC(=O)CNS(=O)(=O)c2cccs2)n[nH]1. The number of aromatic nitrogens is 2. The fraction of sp³-hybridized carbons (Fsp3) is 0.200. The van der Waals surface area contributed by atoms with Crippen molar-refractivity contribution in [3.8, 4) is 0 Å². The second-order valence-electron chi connectivity index (χ2n) is 3.74. The minimum atomic E-state index is -3.62. The van der Waals surface area contributed by atoms with Crippen LogP contribution in [0, 0.1) is 6.92 Å². The van der Waals surface area contributed by atoms with Gasteiger partial charge in [0.05, 0.1) is 6.54 Å². The lowest BCUT2D eigenvalue weighted by atomic mass is 10.4. The van der Waals surface area contributed by atoms with Crippen molar-refractivity contribution >= 4 is 33.1 Å². The summed E-state index contributed by atoms with van der Waals surface area (Å²) < 4.78 is 25.9. The van der Waals surface area contributed by atoms with Crippen LogP contribution in [0.2, 0.25) is 0 Å². The molecule has 0 unspecified atom stereocenters. The lowest BCUT2D eigenvalue weighted by Gasteiger charge is -2.04. The molecule has 19 heavy (non-hydrogen) atoms. The summed E-state index contributed by atoms with van der Waals surface area (Å²) in [4.78, 5) is 11.5. The zero-order valence-corrected chi connectivity index (χ0v) is 11.6. The van der Waals surface area contributed by atoms with Gasteiger partial charge in [-0.2, -0.15) is 5.10 Å². The van der Waals surface area contributed by atoms with Crippen molar-refractivity contribution in [2.24, 2.45) is 0 Å². The molecule has 0 atom stereocenters. The van der Waals surface area contributed by atoms with E-state index in [1.54, 1.807) is 24.4 Å². The summed E-state index contributed by atoms with van der Waals surface area (Å²) in [6.07, 6.45) is 0. The van der Waals surface area contributed by atoms with Crippen LogP contribution in [0.1, 0.15) is 5.69 Å². The number of anilines is 1. The molecule has 0 saturated carbocycles. The Balaban J connectivity index is 1.90. The second-order valence-corrected chi connectivity index (χ2v) is 6.68. The molecule has 2 rings (SSSR count). The van der Waals surface area contributed by atoms with E-state index in [-0.39, 0.29) is 10.8 Å². The third-order valence-electron chi connectivity index (χ3n) is 2.16. The van der Waals surface area contributed by atoms with E-state index < -0.39 is 15.9 Å². The molecule has 0 aliphatic rings. The van der Waals surface area contributed by atoms with Gasteiger partial charge in [0.25, 0.3) is 10.0 Å². The number of rotatable bonds is 5. The maximum Gasteiger partial charge on any atom is 0.250 e. The average molecular weight is 300 g/mol. The summed E-state index contributed by atoms with van der Waals surface area (Å²) in [6, 6.07) is 4.75. The van der Waals surface area contributed by atoms with Gasteiger partial charge in [0, 0.05) is 11.8 Å². The van der Waals surface area contributed by atoms with Gasteiger partial charge in [-0.15, -0.1) is 11.3 Å². The highest BCUT2D eigenvalue weighted by Gasteiger charge is 2.16. The molecule has 0 fully saturated rings. The van der Waals surface area contributed by atoms with Crippen molar-refractivity contribution in [3.05, 3.63) is 29.3 Å². The lowest BCUT2D eigenvalue weighted by molar-refractivity contribution is -0.115. The van der Waals surface area contributed by atoms with Crippen molar-refractivity contribution in [3.63, 3.8) is 0 Å². The molecule has 2 aromatic heterocycles. The van der Waals surface area contributed by atoms with Crippen LogP contribution in [0.15, 0.2) is 27.8 Å². The Bertz CT molecular complexity index is 661. The zero-order chi connectivity index (χ0) is 13.9. The Morgan fingerprint density at radius 2 is 2.32 bits per heavy atom. The van der Waals surface area contributed by atoms with Gasteiger partial charge in [-0.3, -0.25) is 9.89 Å². The molecule has 0 aliphatic carbocycles. The molecular weight excluding hydrogens is 288 g/mol. The summed E-state index contributed by atoms with van der Waals surface area (Å²) in [7, 11) is -3.62. The third kappa shape index (κ3) is 3.63. The number of aryl methyl sites for hydroxylation is 1. The van der Waals surface area contributed by atoms with Crippen LogP contribution in [0.3, 0.4) is 0 Å². The highest BCUT2D eigenvalue weighted by atomic mass is 32.2. The van der Waals surface area contributed by atoms with Gasteiger partial charge < -0.3 is 5.32 Å². The summed E-state index contributed by atoms with van der Waals surface area (Å²) in [5.74, 6) is -0.121. The Hall–Kier alpha value is -1.71. The summed E-state index contributed by atoms with van der Waals surface area (Å²) in [5.41, 5.74) is 0.800. The number of nitrogens with zero attached hydrogens (tertiary/aromatic N) is 1. The van der Waals surface area contributed by atoms with E-state index in [9.17, 15) is 13.2 Å². The Labute approximate surface area is 114 Å². The van der Waals surface area contributed by atoms with Crippen LogP contribution in [-0.4, -0.2) is 31.1 Å². The molecule has 2 aromatic rings. The van der Waals surface area contributed by atoms with Gasteiger partial charge in [-0.05, 0) is 18.4 Å². The molecule has 0 aromatic carbocycles. The first-order valence-corrected chi connectivity index (χ1v) is 7.69. The van der Waals surface area contributed by atoms with Gasteiger partial charge >= 0.3 is 0 Å². The maximum atomic E-state index is 11.8. The molecule has 0 spiro atoms. The molecule has 9 heteroatoms. The van der Waals surface area contributed by atoms with Crippen molar-refractivity contribution in [1.82, 2.24) is 14.9 Å². The van der Waals surface area contributed by atoms with Crippen LogP contribution in [-0.2, 0) is 14.8 Å². The number of carbonyl (C=O) groups excluding carboxylic acids is 1. The van der Waals surface area contributed by atoms with Gasteiger partial charge in [0.1, 0.15) is 4.21 Å². The predicted molar refractivity (Wildman–Crippen MR) is 71.5 cm³/mol. The van der Waals surface area contributed by atoms with Crippen molar-refractivity contribution in [2.45, 2.75) is 11.1 Å². The Morgan fingerprint density at radius 3 is 2.89 bits per heavy atom. The van der Waals surface area contributed by atoms with Crippen LogP contribution >= 0.6 is 11.3 Å². The first kappa shape index (κ1) is 13.7. The fourth-order valence-electron chi connectivity index (χ4n) is 1.32. The minimum Gasteiger partial charge on any atom is -0.308 e. The molecule has 7 nitrogen and oxygen atoms in total. The number of sulfonamides is 1. The van der Waals surface area contributed by atoms with Gasteiger partial charge in [-0.25, -0.2) is 13.1 Å². The molecule has 3 N–H and O–H groups in total. The lowest BCUT2D eigenvalue weighted by Crippen LogP contribution is -2.32. The van der Waals surface area contributed by atoms with E-state index in [0.717, 1.165) is 17.0 Å². The molecule has 1 amide bonds. The Kier molecular flexibility index (Phi) is 3.98. The summed E-state index contributed by atoms with van der Waals surface area (Å²) in [6.45, 7) is 1.45. The largest absolute Gasteiger partial charge is 0.308 e. The number of hydrogen-bond acceptors (Lipinski definition) is 5. The number of amides is 1. The van der Waals surface area contributed by atoms with Crippen molar-refractivity contribution in [2.75, 3.05) is 11.9 Å². The summed E-state index contributed by atoms with van der Waals surface area (Å²) >= 11 is 1.09. The number of carbonyl (C=O) groups is 1. The fourth-order valence-corrected chi connectivity index (χ4v) is 3.34. The zero-order valence-electron chi connectivity index (χ0n) is 10.0. The topological polar surface area (TPSA) is 104 Å². The highest BCUT2D eigenvalue weighted by molar-refractivity contribution is 7.91. The van der Waals surface area contributed by atoms with Crippen LogP contribution in [0.5, 0.6) is 0 Å². The van der Waals surface area contributed by atoms with E-state index in [0.29, 0.717) is 5.82 Å². The second kappa shape index (κ2) is 5.51. The van der Waals surface area contributed by atoms with E-state index >= 15 is 0 Å². The first-order chi connectivity index (χ1) is 8.97. The van der Waals surface area contributed by atoms with Crippen LogP contribution in [0.25, 0.3) is 0 Å². The third-order valence-corrected chi connectivity index (χ3v) is 4.95. The standard InChI is InChI=1S/C10H12N4O3S2/c1-7-5-8(14-13-7)12-9(15)6-11-19(16,17)10-3-2-4-18-10/h2-5,11H,6H2,1H3,(H2,12,13,14,15). The maximum absolute atomic E-state index is 11.8. The monoisotopic (exact) mass is 300 g/mol. The molecule has 2 heterocycles. The molecule has 0 aliphatic heterocycles. The predicted octanol–water partition coefficient (Wildman–Crippen LogP) is 0.697. The number of hydrogen-bond donors (Lipinski definition) is 3. The average Bonchev–Trinajstić information content (AvgIpc) is 2.98. The van der Waals surface area contributed by atoms with E-state index in [1.807, 2.05) is 0 Å². The number of thiophene rings is 1. The quantitative estimate of drug-likeness (QED) is 0.756. The van der Waals surface area contributed by atoms with E-state index in [2.05, 4.69) is 20.2 Å². The molecule has 0 radical (unpaired) electrons. The van der Waals surface area contributed by atoms with E-state index in [1.165, 1.54) is 6.07 Å². The summed E-state index contributed by atoms with van der Waals surface area (Å²) in [5, 5.41) is 10.6. The highest BCUT2D eigenvalue weighted by Crippen LogP contribution is 2.14. The number of H-pyrrole nitrogens is 1. The molecule has 0 saturated heterocycles. The first-order valence-electron chi connectivity index (χ1n) is 5.32. The van der Waals surface area contributed by atoms with E-state index in [4.69, 9.17) is 0 Å². The molecule has 102 valence electrons. The van der Waals surface area contributed by atoms with Gasteiger partial charge in [0.2, 0.25) is 5.91 Å². The van der Waals surface area contributed by atoms with Gasteiger partial charge in [-0.1, -0.05) is 6.07 Å². The van der Waals surface area contributed by atoms with Crippen molar-refractivity contribution < 1.29 is 13.2 Å². The molecule has 0 bridgehead atoms. The normalized spacial score (nSPS) is 11.4. The van der Waals surface area contributed by atoms with Crippen LogP contribution in [0.4, 0.5) is 5.82 Å². The van der Waals surface area contributed by atoms with Crippen LogP contribution < -0.4 is 10.0 Å². The van der Waals surface area contributed by atoms with Crippen molar-refractivity contribution in [1.29, 1.82) is 0 Å². The minimum absolute atomic E-state index is 0.177. The molecular formula is C10H12N4O3S2.